The minimum Gasteiger partial charge on any atom is -0.496 e. The summed E-state index contributed by atoms with van der Waals surface area (Å²) in [5.74, 6) is 0.341. The fraction of sp³-hybridized carbons (Fsp3) is 0.412. The first-order valence-electron chi connectivity index (χ1n) is 7.62. The van der Waals surface area contributed by atoms with Crippen molar-refractivity contribution >= 4 is 27.9 Å². The number of hydrogen-bond acceptors (Lipinski definition) is 4. The Morgan fingerprint density at radius 1 is 1.38 bits per heavy atom. The van der Waals surface area contributed by atoms with Crippen molar-refractivity contribution in [2.45, 2.75) is 26.8 Å². The number of ether oxygens (including phenoxy) is 2. The molecule has 7 heteroatoms. The van der Waals surface area contributed by atoms with E-state index in [0.717, 1.165) is 4.47 Å². The molecule has 2 N–H and O–H groups in total. The smallest absolute Gasteiger partial charge is 0.338 e. The van der Waals surface area contributed by atoms with Crippen molar-refractivity contribution in [3.05, 3.63) is 39.5 Å². The van der Waals surface area contributed by atoms with Gasteiger partial charge in [-0.2, -0.15) is 0 Å². The van der Waals surface area contributed by atoms with Crippen molar-refractivity contribution in [3.63, 3.8) is 0 Å². The van der Waals surface area contributed by atoms with Crippen LogP contribution in [0.15, 0.2) is 33.9 Å². The molecule has 0 saturated carbocycles. The highest BCUT2D eigenvalue weighted by atomic mass is 79.9. The van der Waals surface area contributed by atoms with E-state index in [-0.39, 0.29) is 11.9 Å². The second-order valence-corrected chi connectivity index (χ2v) is 6.86. The molecule has 6 nitrogen and oxygen atoms in total. The number of urea groups is 1. The predicted octanol–water partition coefficient (Wildman–Crippen LogP) is 3.28. The average Bonchev–Trinajstić information content (AvgIpc) is 2.51. The summed E-state index contributed by atoms with van der Waals surface area (Å²) in [6.45, 7) is 5.92. The second kappa shape index (κ2) is 7.70. The number of halogens is 1. The molecular weight excluding hydrogens is 376 g/mol. The number of rotatable bonds is 5. The van der Waals surface area contributed by atoms with E-state index in [9.17, 15) is 9.59 Å². The third-order valence-electron chi connectivity index (χ3n) is 3.54. The lowest BCUT2D eigenvalue weighted by Gasteiger charge is -2.29. The fourth-order valence-electron chi connectivity index (χ4n) is 2.45. The number of esters is 1. The molecule has 1 aromatic rings. The van der Waals surface area contributed by atoms with E-state index in [1.807, 2.05) is 26.0 Å². The molecule has 1 aliphatic heterocycles. The topological polar surface area (TPSA) is 76.7 Å². The van der Waals surface area contributed by atoms with Crippen LogP contribution in [-0.2, 0) is 9.53 Å². The number of benzene rings is 1. The number of amides is 2. The molecule has 0 spiro atoms. The summed E-state index contributed by atoms with van der Waals surface area (Å²) in [5, 5.41) is 5.40. The first-order valence-corrected chi connectivity index (χ1v) is 8.41. The molecule has 1 aromatic carbocycles. The minimum atomic E-state index is -0.647. The van der Waals surface area contributed by atoms with Crippen molar-refractivity contribution < 1.29 is 19.1 Å². The fourth-order valence-corrected chi connectivity index (χ4v) is 2.83. The molecule has 0 radical (unpaired) electrons. The first-order chi connectivity index (χ1) is 11.3. The monoisotopic (exact) mass is 396 g/mol. The lowest BCUT2D eigenvalue weighted by molar-refractivity contribution is -0.140. The Morgan fingerprint density at radius 2 is 2.08 bits per heavy atom. The highest BCUT2D eigenvalue weighted by Crippen LogP contribution is 2.35. The van der Waals surface area contributed by atoms with Gasteiger partial charge in [0.15, 0.2) is 0 Å². The van der Waals surface area contributed by atoms with Crippen LogP contribution in [-0.4, -0.2) is 25.7 Å². The maximum absolute atomic E-state index is 12.6. The van der Waals surface area contributed by atoms with Crippen molar-refractivity contribution in [3.8, 4) is 5.75 Å². The highest BCUT2D eigenvalue weighted by molar-refractivity contribution is 9.10. The van der Waals surface area contributed by atoms with Gasteiger partial charge in [0, 0.05) is 15.7 Å². The Kier molecular flexibility index (Phi) is 5.88. The summed E-state index contributed by atoms with van der Waals surface area (Å²) in [4.78, 5) is 24.5. The Hall–Kier alpha value is -2.02. The molecule has 0 fully saturated rings. The molecule has 1 atom stereocenters. The number of nitrogens with one attached hydrogen (secondary N) is 2. The zero-order chi connectivity index (χ0) is 17.9. The molecule has 2 amide bonds. The Balaban J connectivity index is 2.45. The van der Waals surface area contributed by atoms with Gasteiger partial charge in [-0.05, 0) is 31.0 Å². The van der Waals surface area contributed by atoms with Crippen LogP contribution >= 0.6 is 15.9 Å². The van der Waals surface area contributed by atoms with Crippen LogP contribution in [0, 0.1) is 5.92 Å². The van der Waals surface area contributed by atoms with Crippen molar-refractivity contribution in [2.75, 3.05) is 13.7 Å². The summed E-state index contributed by atoms with van der Waals surface area (Å²) >= 11 is 3.41. The number of methoxy groups -OCH3 is 1. The van der Waals surface area contributed by atoms with Crippen molar-refractivity contribution in [1.82, 2.24) is 10.6 Å². The third kappa shape index (κ3) is 4.08. The zero-order valence-electron chi connectivity index (χ0n) is 14.1. The number of carbonyl (C=O) groups excluding carboxylic acids is 2. The lowest BCUT2D eigenvalue weighted by atomic mass is 9.95. The standard InChI is InChI=1S/C17H21BrN2O4/c1-9(2)8-24-16(21)14-10(3)19-17(22)20-15(14)12-7-11(18)5-6-13(12)23-4/h5-7,9,15H,8H2,1-4H3,(H2,19,20,22)/t15-/m0/s1. The van der Waals surface area contributed by atoms with Gasteiger partial charge < -0.3 is 20.1 Å². The Labute approximate surface area is 149 Å². The molecule has 130 valence electrons. The van der Waals surface area contributed by atoms with Gasteiger partial charge in [0.2, 0.25) is 0 Å². The summed E-state index contributed by atoms with van der Waals surface area (Å²) in [5.41, 5.74) is 1.52. The van der Waals surface area contributed by atoms with E-state index in [4.69, 9.17) is 9.47 Å². The SMILES string of the molecule is COc1ccc(Br)cc1[C@@H]1NC(=O)NC(C)=C1C(=O)OCC(C)C. The summed E-state index contributed by atoms with van der Waals surface area (Å²) in [6.07, 6.45) is 0. The average molecular weight is 397 g/mol. The molecule has 1 aliphatic rings. The van der Waals surface area contributed by atoms with Gasteiger partial charge in [-0.3, -0.25) is 0 Å². The van der Waals surface area contributed by atoms with Crippen molar-refractivity contribution in [2.24, 2.45) is 5.92 Å². The maximum atomic E-state index is 12.6. The molecule has 2 rings (SSSR count). The summed E-state index contributed by atoms with van der Waals surface area (Å²) < 4.78 is 11.6. The largest absolute Gasteiger partial charge is 0.496 e. The van der Waals surface area contributed by atoms with E-state index < -0.39 is 12.0 Å². The highest BCUT2D eigenvalue weighted by Gasteiger charge is 2.34. The van der Waals surface area contributed by atoms with Gasteiger partial charge in [0.25, 0.3) is 0 Å². The normalized spacial score (nSPS) is 17.4. The second-order valence-electron chi connectivity index (χ2n) is 5.95. The number of carbonyl (C=O) groups is 2. The quantitative estimate of drug-likeness (QED) is 0.748. The van der Waals surface area contributed by atoms with Crippen LogP contribution in [0.1, 0.15) is 32.4 Å². The lowest BCUT2D eigenvalue weighted by Crippen LogP contribution is -2.45. The molecule has 1 heterocycles. The Bertz CT molecular complexity index is 685. The van der Waals surface area contributed by atoms with Gasteiger partial charge in [-0.25, -0.2) is 9.59 Å². The van der Waals surface area contributed by atoms with E-state index in [1.165, 1.54) is 0 Å². The van der Waals surface area contributed by atoms with E-state index in [0.29, 0.717) is 29.2 Å². The van der Waals surface area contributed by atoms with Gasteiger partial charge >= 0.3 is 12.0 Å². The predicted molar refractivity (Wildman–Crippen MR) is 93.6 cm³/mol. The van der Waals surface area contributed by atoms with Crippen LogP contribution in [0.2, 0.25) is 0 Å². The Morgan fingerprint density at radius 3 is 2.71 bits per heavy atom. The molecule has 24 heavy (non-hydrogen) atoms. The molecule has 0 saturated heterocycles. The van der Waals surface area contributed by atoms with Crippen molar-refractivity contribution in [1.29, 1.82) is 0 Å². The summed E-state index contributed by atoms with van der Waals surface area (Å²) in [6, 6.07) is 4.40. The maximum Gasteiger partial charge on any atom is 0.338 e. The first kappa shape index (κ1) is 18.3. The van der Waals surface area contributed by atoms with Gasteiger partial charge in [-0.1, -0.05) is 29.8 Å². The minimum absolute atomic E-state index is 0.222. The number of hydrogen-bond donors (Lipinski definition) is 2. The van der Waals surface area contributed by atoms with E-state index in [1.54, 1.807) is 20.1 Å². The van der Waals surface area contributed by atoms with Crippen LogP contribution in [0.3, 0.4) is 0 Å². The van der Waals surface area contributed by atoms with Crippen LogP contribution in [0.4, 0.5) is 4.79 Å². The van der Waals surface area contributed by atoms with E-state index in [2.05, 4.69) is 26.6 Å². The van der Waals surface area contributed by atoms with Crippen LogP contribution in [0.25, 0.3) is 0 Å². The molecule has 0 aromatic heterocycles. The zero-order valence-corrected chi connectivity index (χ0v) is 15.7. The number of allylic oxidation sites excluding steroid dienone is 1. The molecule has 0 aliphatic carbocycles. The van der Waals surface area contributed by atoms with Crippen LogP contribution < -0.4 is 15.4 Å². The van der Waals surface area contributed by atoms with Gasteiger partial charge in [0.1, 0.15) is 5.75 Å². The molecule has 0 bridgehead atoms. The van der Waals surface area contributed by atoms with E-state index >= 15 is 0 Å². The van der Waals surface area contributed by atoms with Gasteiger partial charge in [-0.15, -0.1) is 0 Å². The third-order valence-corrected chi connectivity index (χ3v) is 4.03. The van der Waals surface area contributed by atoms with Crippen LogP contribution in [0.5, 0.6) is 5.75 Å². The summed E-state index contributed by atoms with van der Waals surface area (Å²) in [7, 11) is 1.54. The van der Waals surface area contributed by atoms with Gasteiger partial charge in [0.05, 0.1) is 25.3 Å². The molecular formula is C17H21BrN2O4. The molecule has 0 unspecified atom stereocenters.